The second kappa shape index (κ2) is 9.79. The van der Waals surface area contributed by atoms with E-state index in [0.717, 1.165) is 0 Å². The van der Waals surface area contributed by atoms with E-state index in [1.54, 1.807) is 26.8 Å². The van der Waals surface area contributed by atoms with Crippen molar-refractivity contribution in [2.45, 2.75) is 25.7 Å². The zero-order valence-electron chi connectivity index (χ0n) is 14.6. The maximum Gasteiger partial charge on any atom is 0.313 e. The first-order valence-electron chi connectivity index (χ1n) is 7.92. The summed E-state index contributed by atoms with van der Waals surface area (Å²) in [5.74, 6) is -0.826. The number of hydrogen-bond donors (Lipinski definition) is 2. The average Bonchev–Trinajstić information content (AvgIpc) is 2.55. The predicted octanol–water partition coefficient (Wildman–Crippen LogP) is 1.57. The van der Waals surface area contributed by atoms with Gasteiger partial charge in [-0.25, -0.2) is 8.42 Å². The molecule has 0 aliphatic carbocycles. The fraction of sp³-hybridized carbons (Fsp3) is 0.500. The normalized spacial score (nSPS) is 11.5. The van der Waals surface area contributed by atoms with Crippen molar-refractivity contribution in [1.29, 1.82) is 0 Å². The number of carbonyl (C=O) groups is 2. The molecule has 0 unspecified atom stereocenters. The third-order valence-corrected chi connectivity index (χ3v) is 6.54. The third kappa shape index (κ3) is 6.02. The fourth-order valence-corrected chi connectivity index (χ4v) is 4.26. The number of sulfonamides is 1. The van der Waals surface area contributed by atoms with Gasteiger partial charge in [0.1, 0.15) is 0 Å². The summed E-state index contributed by atoms with van der Waals surface area (Å²) in [6.45, 7) is 6.28. The molecule has 0 aliphatic rings. The first-order valence-corrected chi connectivity index (χ1v) is 10.5. The number of nitrogens with one attached hydrogen (secondary N) is 1. The van der Waals surface area contributed by atoms with Crippen LogP contribution in [0, 0.1) is 6.92 Å². The summed E-state index contributed by atoms with van der Waals surface area (Å²) in [5, 5.41) is 11.2. The molecule has 0 atom stereocenters. The van der Waals surface area contributed by atoms with Crippen LogP contribution in [0.25, 0.3) is 0 Å². The van der Waals surface area contributed by atoms with Gasteiger partial charge in [-0.3, -0.25) is 9.59 Å². The topological polar surface area (TPSA) is 104 Å². The summed E-state index contributed by atoms with van der Waals surface area (Å²) in [7, 11) is -3.63. The zero-order chi connectivity index (χ0) is 19.0. The highest BCUT2D eigenvalue weighted by Crippen LogP contribution is 2.19. The number of carboxylic acid groups (broad SMARTS) is 1. The molecule has 0 aromatic heterocycles. The number of amides is 1. The lowest BCUT2D eigenvalue weighted by Crippen LogP contribution is -2.31. The SMILES string of the molecule is CCN(CC)S(=O)(=O)c1ccc(C)c(C(=O)NCCSCC(=O)O)c1. The minimum absolute atomic E-state index is 0.0213. The second-order valence-corrected chi connectivity index (χ2v) is 8.31. The lowest BCUT2D eigenvalue weighted by Gasteiger charge is -2.19. The van der Waals surface area contributed by atoms with E-state index in [1.807, 2.05) is 0 Å². The van der Waals surface area contributed by atoms with Crippen molar-refractivity contribution in [3.63, 3.8) is 0 Å². The molecule has 2 N–H and O–H groups in total. The third-order valence-electron chi connectivity index (χ3n) is 3.55. The molecule has 0 heterocycles. The number of thioether (sulfide) groups is 1. The van der Waals surface area contributed by atoms with Gasteiger partial charge in [-0.05, 0) is 24.6 Å². The van der Waals surface area contributed by atoms with Crippen molar-refractivity contribution in [3.05, 3.63) is 29.3 Å². The lowest BCUT2D eigenvalue weighted by molar-refractivity contribution is -0.133. The Kier molecular flexibility index (Phi) is 8.40. The Morgan fingerprint density at radius 1 is 1.24 bits per heavy atom. The van der Waals surface area contributed by atoms with Gasteiger partial charge in [0.2, 0.25) is 10.0 Å². The minimum atomic E-state index is -3.63. The molecule has 0 radical (unpaired) electrons. The first kappa shape index (κ1) is 21.5. The van der Waals surface area contributed by atoms with Gasteiger partial charge in [-0.15, -0.1) is 11.8 Å². The van der Waals surface area contributed by atoms with Gasteiger partial charge in [0.05, 0.1) is 10.6 Å². The van der Waals surface area contributed by atoms with Crippen LogP contribution < -0.4 is 5.32 Å². The summed E-state index contributed by atoms with van der Waals surface area (Å²) in [6.07, 6.45) is 0. The van der Waals surface area contributed by atoms with Crippen LogP contribution >= 0.6 is 11.8 Å². The smallest absolute Gasteiger partial charge is 0.313 e. The Labute approximate surface area is 152 Å². The van der Waals surface area contributed by atoms with Gasteiger partial charge >= 0.3 is 5.97 Å². The maximum atomic E-state index is 12.6. The number of hydrogen-bond acceptors (Lipinski definition) is 5. The summed E-state index contributed by atoms with van der Waals surface area (Å²) >= 11 is 1.20. The number of carboxylic acids is 1. The van der Waals surface area contributed by atoms with E-state index in [4.69, 9.17) is 5.11 Å². The van der Waals surface area contributed by atoms with E-state index < -0.39 is 16.0 Å². The molecule has 1 amide bonds. The highest BCUT2D eigenvalue weighted by atomic mass is 32.2. The number of nitrogens with zero attached hydrogens (tertiary/aromatic N) is 1. The molecule has 0 saturated carbocycles. The van der Waals surface area contributed by atoms with Crippen LogP contribution in [0.5, 0.6) is 0 Å². The highest BCUT2D eigenvalue weighted by molar-refractivity contribution is 7.99. The fourth-order valence-electron chi connectivity index (χ4n) is 2.21. The molecule has 0 spiro atoms. The molecule has 0 aliphatic heterocycles. The molecule has 25 heavy (non-hydrogen) atoms. The summed E-state index contributed by atoms with van der Waals surface area (Å²) in [5.41, 5.74) is 0.977. The monoisotopic (exact) mass is 388 g/mol. The van der Waals surface area contributed by atoms with Crippen molar-refractivity contribution in [2.24, 2.45) is 0 Å². The highest BCUT2D eigenvalue weighted by Gasteiger charge is 2.23. The first-order chi connectivity index (χ1) is 11.7. The molecule has 7 nitrogen and oxygen atoms in total. The maximum absolute atomic E-state index is 12.6. The van der Waals surface area contributed by atoms with E-state index in [1.165, 1.54) is 28.2 Å². The van der Waals surface area contributed by atoms with E-state index in [0.29, 0.717) is 36.5 Å². The molecule has 1 rings (SSSR count). The van der Waals surface area contributed by atoms with E-state index >= 15 is 0 Å². The van der Waals surface area contributed by atoms with Crippen LogP contribution in [-0.2, 0) is 14.8 Å². The molecule has 1 aromatic rings. The Morgan fingerprint density at radius 3 is 2.44 bits per heavy atom. The van der Waals surface area contributed by atoms with Crippen LogP contribution in [0.2, 0.25) is 0 Å². The standard InChI is InChI=1S/C16H24N2O5S2/c1-4-18(5-2)25(22,23)13-7-6-12(3)14(10-13)16(21)17-8-9-24-11-15(19)20/h6-7,10H,4-5,8-9,11H2,1-3H3,(H,17,21)(H,19,20). The number of benzene rings is 1. The van der Waals surface area contributed by atoms with E-state index in [-0.39, 0.29) is 16.6 Å². The van der Waals surface area contributed by atoms with Crippen LogP contribution in [-0.4, -0.2) is 60.8 Å². The van der Waals surface area contributed by atoms with Gasteiger partial charge in [0, 0.05) is 31.0 Å². The molecule has 0 saturated heterocycles. The van der Waals surface area contributed by atoms with Gasteiger partial charge in [0.25, 0.3) is 5.91 Å². The zero-order valence-corrected chi connectivity index (χ0v) is 16.2. The average molecular weight is 389 g/mol. The lowest BCUT2D eigenvalue weighted by atomic mass is 10.1. The minimum Gasteiger partial charge on any atom is -0.481 e. The van der Waals surface area contributed by atoms with Gasteiger partial charge in [0.15, 0.2) is 0 Å². The van der Waals surface area contributed by atoms with Crippen LogP contribution in [0.4, 0.5) is 0 Å². The van der Waals surface area contributed by atoms with Crippen molar-refractivity contribution in [2.75, 3.05) is 31.1 Å². The van der Waals surface area contributed by atoms with Crippen LogP contribution in [0.1, 0.15) is 29.8 Å². The van der Waals surface area contributed by atoms with Gasteiger partial charge in [-0.1, -0.05) is 19.9 Å². The Hall–Kier alpha value is -1.58. The predicted molar refractivity (Wildman–Crippen MR) is 98.6 cm³/mol. The number of carbonyl (C=O) groups excluding carboxylic acids is 1. The van der Waals surface area contributed by atoms with Crippen LogP contribution in [0.15, 0.2) is 23.1 Å². The Balaban J connectivity index is 2.87. The molecular weight excluding hydrogens is 364 g/mol. The van der Waals surface area contributed by atoms with Gasteiger partial charge < -0.3 is 10.4 Å². The van der Waals surface area contributed by atoms with Crippen molar-refractivity contribution < 1.29 is 23.1 Å². The Bertz CT molecular complexity index is 715. The van der Waals surface area contributed by atoms with Crippen molar-refractivity contribution in [3.8, 4) is 0 Å². The molecule has 0 bridgehead atoms. The largest absolute Gasteiger partial charge is 0.481 e. The Morgan fingerprint density at radius 2 is 1.88 bits per heavy atom. The number of aliphatic carboxylic acids is 1. The van der Waals surface area contributed by atoms with Gasteiger partial charge in [-0.2, -0.15) is 4.31 Å². The second-order valence-electron chi connectivity index (χ2n) is 5.27. The van der Waals surface area contributed by atoms with Crippen molar-refractivity contribution in [1.82, 2.24) is 9.62 Å². The summed E-state index contributed by atoms with van der Waals surface area (Å²) in [6, 6.07) is 4.51. The molecule has 0 fully saturated rings. The summed E-state index contributed by atoms with van der Waals surface area (Å²) in [4.78, 5) is 22.8. The molecule has 9 heteroatoms. The number of aryl methyl sites for hydroxylation is 1. The molecule has 140 valence electrons. The summed E-state index contributed by atoms with van der Waals surface area (Å²) < 4.78 is 26.5. The molecule has 1 aromatic carbocycles. The quantitative estimate of drug-likeness (QED) is 0.590. The van der Waals surface area contributed by atoms with E-state index in [9.17, 15) is 18.0 Å². The van der Waals surface area contributed by atoms with Crippen LogP contribution in [0.3, 0.4) is 0 Å². The van der Waals surface area contributed by atoms with E-state index in [2.05, 4.69) is 5.32 Å². The van der Waals surface area contributed by atoms with Crippen molar-refractivity contribution >= 4 is 33.7 Å². The molecular formula is C16H24N2O5S2. The number of rotatable bonds is 10.